The van der Waals surface area contributed by atoms with Crippen molar-refractivity contribution >= 4 is 0 Å². The molecule has 0 spiro atoms. The van der Waals surface area contributed by atoms with E-state index < -0.39 is 0 Å². The molecular weight excluding hydrogens is 203 g/mol. The molecule has 1 atom stereocenters. The second kappa shape index (κ2) is 5.88. The van der Waals surface area contributed by atoms with Gasteiger partial charge < -0.3 is 4.74 Å². The number of ether oxygens (including phenoxy) is 1. The van der Waals surface area contributed by atoms with Crippen molar-refractivity contribution in [1.29, 1.82) is 0 Å². The van der Waals surface area contributed by atoms with Crippen LogP contribution in [-0.2, 0) is 6.42 Å². The summed E-state index contributed by atoms with van der Waals surface area (Å²) < 4.78 is 18.8. The van der Waals surface area contributed by atoms with E-state index in [1.807, 2.05) is 26.8 Å². The van der Waals surface area contributed by atoms with Gasteiger partial charge in [0.05, 0.1) is 6.61 Å². The minimum Gasteiger partial charge on any atom is -0.490 e. The Morgan fingerprint density at radius 1 is 1.38 bits per heavy atom. The smallest absolute Gasteiger partial charge is 0.165 e. The van der Waals surface area contributed by atoms with Gasteiger partial charge >= 0.3 is 0 Å². The van der Waals surface area contributed by atoms with Gasteiger partial charge in [0, 0.05) is 5.56 Å². The summed E-state index contributed by atoms with van der Waals surface area (Å²) in [5.41, 5.74) is 2.20. The lowest BCUT2D eigenvalue weighted by Crippen LogP contribution is -2.21. The standard InChI is InChI=1S/C12H15FO.C2H6/c1-3-9-6-10-8(2)4-5-11(13)12(10)14-7-9;1-2/h4-5,9H,3,6-7H2,1-2H3;1-2H3/t9-;/m0./s1. The normalized spacial score (nSPS) is 17.9. The van der Waals surface area contributed by atoms with Gasteiger partial charge in [0.15, 0.2) is 11.6 Å². The Bertz CT molecular complexity index is 347. The lowest BCUT2D eigenvalue weighted by molar-refractivity contribution is 0.208. The van der Waals surface area contributed by atoms with Crippen LogP contribution < -0.4 is 4.74 Å². The van der Waals surface area contributed by atoms with Crippen LogP contribution in [0, 0.1) is 18.7 Å². The first-order valence-electron chi connectivity index (χ1n) is 6.13. The summed E-state index contributed by atoms with van der Waals surface area (Å²) in [5.74, 6) is 0.804. The van der Waals surface area contributed by atoms with Crippen LogP contribution in [0.1, 0.15) is 38.3 Å². The minimum absolute atomic E-state index is 0.222. The summed E-state index contributed by atoms with van der Waals surface area (Å²) in [7, 11) is 0. The maximum absolute atomic E-state index is 13.4. The quantitative estimate of drug-likeness (QED) is 0.697. The van der Waals surface area contributed by atoms with Crippen LogP contribution in [0.4, 0.5) is 4.39 Å². The van der Waals surface area contributed by atoms with Crippen molar-refractivity contribution in [3.8, 4) is 5.75 Å². The minimum atomic E-state index is -0.222. The maximum atomic E-state index is 13.4. The van der Waals surface area contributed by atoms with Crippen molar-refractivity contribution in [2.24, 2.45) is 5.92 Å². The van der Waals surface area contributed by atoms with Crippen LogP contribution in [0.25, 0.3) is 0 Å². The molecule has 90 valence electrons. The fourth-order valence-electron chi connectivity index (χ4n) is 1.92. The zero-order valence-corrected chi connectivity index (χ0v) is 10.6. The Morgan fingerprint density at radius 3 is 2.69 bits per heavy atom. The molecule has 0 radical (unpaired) electrons. The Balaban J connectivity index is 0.000000606. The molecule has 0 aliphatic carbocycles. The van der Waals surface area contributed by atoms with Crippen molar-refractivity contribution in [1.82, 2.24) is 0 Å². The van der Waals surface area contributed by atoms with E-state index in [4.69, 9.17) is 4.74 Å². The molecular formula is C14H21FO. The topological polar surface area (TPSA) is 9.23 Å². The summed E-state index contributed by atoms with van der Waals surface area (Å²) in [6.07, 6.45) is 2.05. The van der Waals surface area contributed by atoms with E-state index in [1.54, 1.807) is 0 Å². The fourth-order valence-corrected chi connectivity index (χ4v) is 1.92. The summed E-state index contributed by atoms with van der Waals surface area (Å²) in [6.45, 7) is 8.82. The zero-order valence-electron chi connectivity index (χ0n) is 10.6. The highest BCUT2D eigenvalue weighted by Crippen LogP contribution is 2.33. The van der Waals surface area contributed by atoms with Crippen molar-refractivity contribution in [3.63, 3.8) is 0 Å². The Hall–Kier alpha value is -1.05. The van der Waals surface area contributed by atoms with Gasteiger partial charge in [-0.25, -0.2) is 4.39 Å². The summed E-state index contributed by atoms with van der Waals surface area (Å²) in [5, 5.41) is 0. The molecule has 1 nitrogen and oxygen atoms in total. The van der Waals surface area contributed by atoms with E-state index in [1.165, 1.54) is 6.07 Å². The molecule has 1 aliphatic rings. The SMILES string of the molecule is CC.CC[C@@H]1COc2c(F)ccc(C)c2C1. The molecule has 0 bridgehead atoms. The summed E-state index contributed by atoms with van der Waals surface area (Å²) >= 11 is 0. The van der Waals surface area contributed by atoms with E-state index in [9.17, 15) is 4.39 Å². The van der Waals surface area contributed by atoms with Crippen molar-refractivity contribution < 1.29 is 9.13 Å². The second-order valence-corrected chi connectivity index (χ2v) is 3.96. The number of fused-ring (bicyclic) bond motifs is 1. The van der Waals surface area contributed by atoms with Crippen molar-refractivity contribution in [2.75, 3.05) is 6.61 Å². The molecule has 16 heavy (non-hydrogen) atoms. The molecule has 1 aromatic rings. The number of rotatable bonds is 1. The third-order valence-corrected chi connectivity index (χ3v) is 2.98. The van der Waals surface area contributed by atoms with Crippen LogP contribution in [0.5, 0.6) is 5.75 Å². The van der Waals surface area contributed by atoms with Crippen LogP contribution in [0.15, 0.2) is 12.1 Å². The highest BCUT2D eigenvalue weighted by molar-refractivity contribution is 5.42. The van der Waals surface area contributed by atoms with Gasteiger partial charge in [-0.05, 0) is 37.3 Å². The largest absolute Gasteiger partial charge is 0.490 e. The van der Waals surface area contributed by atoms with Gasteiger partial charge in [-0.3, -0.25) is 0 Å². The third-order valence-electron chi connectivity index (χ3n) is 2.98. The highest BCUT2D eigenvalue weighted by Gasteiger charge is 2.22. The van der Waals surface area contributed by atoms with Crippen LogP contribution in [-0.4, -0.2) is 6.61 Å². The molecule has 0 aromatic heterocycles. The van der Waals surface area contributed by atoms with Crippen LogP contribution in [0.2, 0.25) is 0 Å². The Labute approximate surface area is 97.6 Å². The monoisotopic (exact) mass is 224 g/mol. The van der Waals surface area contributed by atoms with Crippen molar-refractivity contribution in [3.05, 3.63) is 29.1 Å². The third kappa shape index (κ3) is 2.55. The van der Waals surface area contributed by atoms with Gasteiger partial charge in [0.1, 0.15) is 0 Å². The van der Waals surface area contributed by atoms with Gasteiger partial charge in [-0.1, -0.05) is 26.8 Å². The first kappa shape index (κ1) is 13.0. The van der Waals surface area contributed by atoms with Gasteiger partial charge in [-0.15, -0.1) is 0 Å². The number of benzene rings is 1. The van der Waals surface area contributed by atoms with E-state index in [0.29, 0.717) is 18.3 Å². The molecule has 2 heteroatoms. The van der Waals surface area contributed by atoms with E-state index in [-0.39, 0.29) is 5.82 Å². The molecule has 0 amide bonds. The number of halogens is 1. The fraction of sp³-hybridized carbons (Fsp3) is 0.571. The maximum Gasteiger partial charge on any atom is 0.165 e. The van der Waals surface area contributed by atoms with Crippen LogP contribution in [0.3, 0.4) is 0 Å². The second-order valence-electron chi connectivity index (χ2n) is 3.96. The first-order chi connectivity index (χ1) is 7.72. The predicted molar refractivity (Wildman–Crippen MR) is 65.5 cm³/mol. The zero-order chi connectivity index (χ0) is 12.1. The number of hydrogen-bond acceptors (Lipinski definition) is 1. The van der Waals surface area contributed by atoms with Gasteiger partial charge in [0.2, 0.25) is 0 Å². The molecule has 0 unspecified atom stereocenters. The summed E-state index contributed by atoms with van der Waals surface area (Å²) in [4.78, 5) is 0. The predicted octanol–water partition coefficient (Wildman–Crippen LogP) is 4.12. The molecule has 0 N–H and O–H groups in total. The molecule has 1 aliphatic heterocycles. The molecule has 0 saturated heterocycles. The molecule has 0 fully saturated rings. The highest BCUT2D eigenvalue weighted by atomic mass is 19.1. The summed E-state index contributed by atoms with van der Waals surface area (Å²) in [6, 6.07) is 3.32. The van der Waals surface area contributed by atoms with E-state index in [0.717, 1.165) is 24.0 Å². The van der Waals surface area contributed by atoms with E-state index in [2.05, 4.69) is 6.92 Å². The molecule has 1 heterocycles. The number of aryl methyl sites for hydroxylation is 1. The van der Waals surface area contributed by atoms with Gasteiger partial charge in [-0.2, -0.15) is 0 Å². The molecule has 2 rings (SSSR count). The number of hydrogen-bond donors (Lipinski definition) is 0. The lowest BCUT2D eigenvalue weighted by atomic mass is 9.92. The van der Waals surface area contributed by atoms with Gasteiger partial charge in [0.25, 0.3) is 0 Å². The Kier molecular flexibility index (Phi) is 4.78. The average Bonchev–Trinajstić information content (AvgIpc) is 2.36. The molecule has 1 aromatic carbocycles. The average molecular weight is 224 g/mol. The van der Waals surface area contributed by atoms with Crippen LogP contribution >= 0.6 is 0 Å². The Morgan fingerprint density at radius 2 is 2.06 bits per heavy atom. The van der Waals surface area contributed by atoms with Crippen molar-refractivity contribution in [2.45, 2.75) is 40.5 Å². The first-order valence-corrected chi connectivity index (χ1v) is 6.13. The lowest BCUT2D eigenvalue weighted by Gasteiger charge is -2.25. The van der Waals surface area contributed by atoms with E-state index >= 15 is 0 Å². The molecule has 0 saturated carbocycles.